The van der Waals surface area contributed by atoms with Gasteiger partial charge in [-0.1, -0.05) is 13.8 Å². The van der Waals surface area contributed by atoms with E-state index < -0.39 is 72.3 Å². The number of carbonyl (C=O) groups excluding carboxylic acids is 3. The molecule has 13 heteroatoms. The summed E-state index contributed by atoms with van der Waals surface area (Å²) in [5, 5.41) is 34.4. The number of hydrogen-bond donors (Lipinski definition) is 8. The van der Waals surface area contributed by atoms with Crippen molar-refractivity contribution in [1.29, 1.82) is 0 Å². The van der Waals surface area contributed by atoms with E-state index in [4.69, 9.17) is 15.9 Å². The maximum atomic E-state index is 12.4. The van der Waals surface area contributed by atoms with Gasteiger partial charge in [0.1, 0.15) is 18.1 Å². The van der Waals surface area contributed by atoms with Crippen molar-refractivity contribution in [3.8, 4) is 0 Å². The lowest BCUT2D eigenvalue weighted by atomic mass is 10.0. The predicted octanol–water partition coefficient (Wildman–Crippen LogP) is -2.71. The van der Waals surface area contributed by atoms with E-state index >= 15 is 0 Å². The SMILES string of the molecule is CC(C)C(NC(=O)C(NC(=O)C(CC(=O)O)NC(=O)C(N)CS)C(C)O)C(=O)O. The van der Waals surface area contributed by atoms with E-state index in [9.17, 15) is 29.1 Å². The maximum Gasteiger partial charge on any atom is 0.326 e. The average Bonchev–Trinajstić information content (AvgIpc) is 2.60. The van der Waals surface area contributed by atoms with Crippen LogP contribution in [-0.4, -0.2) is 81.0 Å². The van der Waals surface area contributed by atoms with E-state index in [1.54, 1.807) is 13.8 Å². The number of amides is 3. The minimum absolute atomic E-state index is 0.0578. The summed E-state index contributed by atoms with van der Waals surface area (Å²) < 4.78 is 0. The standard InChI is InChI=1S/C16H28N4O8S/c1-6(2)11(16(27)28)19-15(26)12(7(3)21)20-14(25)9(4-10(22)23)18-13(24)8(17)5-29/h6-9,11-12,21,29H,4-5,17H2,1-3H3,(H,18,24)(H,19,26)(H,20,25)(H,22,23)(H,27,28). The molecule has 0 bridgehead atoms. The van der Waals surface area contributed by atoms with Crippen molar-refractivity contribution < 1.29 is 39.3 Å². The molecule has 12 nitrogen and oxygen atoms in total. The second-order valence-electron chi connectivity index (χ2n) is 6.74. The molecule has 166 valence electrons. The van der Waals surface area contributed by atoms with Gasteiger partial charge in [-0.05, 0) is 12.8 Å². The van der Waals surface area contributed by atoms with E-state index in [2.05, 4.69) is 28.6 Å². The maximum absolute atomic E-state index is 12.4. The highest BCUT2D eigenvalue weighted by Crippen LogP contribution is 2.05. The van der Waals surface area contributed by atoms with Crippen LogP contribution in [0.3, 0.4) is 0 Å². The molecule has 8 N–H and O–H groups in total. The number of carbonyl (C=O) groups is 5. The Morgan fingerprint density at radius 3 is 1.79 bits per heavy atom. The average molecular weight is 436 g/mol. The fourth-order valence-electron chi connectivity index (χ4n) is 2.16. The first-order chi connectivity index (χ1) is 13.3. The summed E-state index contributed by atoms with van der Waals surface area (Å²) in [5.41, 5.74) is 5.48. The van der Waals surface area contributed by atoms with Gasteiger partial charge in [0.05, 0.1) is 18.6 Å². The number of thiol groups is 1. The molecule has 0 aromatic rings. The van der Waals surface area contributed by atoms with E-state index in [0.29, 0.717) is 0 Å². The molecule has 0 rings (SSSR count). The van der Waals surface area contributed by atoms with Crippen LogP contribution in [0.4, 0.5) is 0 Å². The molecule has 0 aliphatic heterocycles. The van der Waals surface area contributed by atoms with E-state index in [1.165, 1.54) is 6.92 Å². The van der Waals surface area contributed by atoms with E-state index in [0.717, 1.165) is 0 Å². The second-order valence-corrected chi connectivity index (χ2v) is 7.11. The summed E-state index contributed by atoms with van der Waals surface area (Å²) in [4.78, 5) is 58.9. The van der Waals surface area contributed by atoms with Gasteiger partial charge in [-0.3, -0.25) is 19.2 Å². The highest BCUT2D eigenvalue weighted by Gasteiger charge is 2.34. The minimum atomic E-state index is -1.59. The van der Waals surface area contributed by atoms with Crippen LogP contribution in [0.15, 0.2) is 0 Å². The Labute approximate surface area is 173 Å². The van der Waals surface area contributed by atoms with Crippen LogP contribution >= 0.6 is 12.6 Å². The summed E-state index contributed by atoms with van der Waals surface area (Å²) in [7, 11) is 0. The third-order valence-electron chi connectivity index (χ3n) is 3.84. The molecule has 5 atom stereocenters. The Balaban J connectivity index is 5.41. The zero-order valence-electron chi connectivity index (χ0n) is 16.3. The van der Waals surface area contributed by atoms with Crippen LogP contribution in [0.5, 0.6) is 0 Å². The van der Waals surface area contributed by atoms with Gasteiger partial charge in [0.25, 0.3) is 0 Å². The van der Waals surface area contributed by atoms with Crippen molar-refractivity contribution in [2.75, 3.05) is 5.75 Å². The topological polar surface area (TPSA) is 208 Å². The fraction of sp³-hybridized carbons (Fsp3) is 0.688. The summed E-state index contributed by atoms with van der Waals surface area (Å²) in [6.07, 6.45) is -2.25. The number of nitrogens with two attached hydrogens (primary N) is 1. The molecule has 0 aliphatic rings. The highest BCUT2D eigenvalue weighted by molar-refractivity contribution is 7.80. The third-order valence-corrected chi connectivity index (χ3v) is 4.23. The van der Waals surface area contributed by atoms with Crippen LogP contribution in [0, 0.1) is 5.92 Å². The van der Waals surface area contributed by atoms with Gasteiger partial charge in [-0.15, -0.1) is 0 Å². The molecule has 0 heterocycles. The van der Waals surface area contributed by atoms with Gasteiger partial charge in [-0.2, -0.15) is 12.6 Å². The van der Waals surface area contributed by atoms with Gasteiger partial charge in [-0.25, -0.2) is 4.79 Å². The zero-order valence-corrected chi connectivity index (χ0v) is 17.2. The smallest absolute Gasteiger partial charge is 0.326 e. The summed E-state index contributed by atoms with van der Waals surface area (Å²) in [6, 6.07) is -5.54. The molecule has 0 aromatic heterocycles. The first-order valence-electron chi connectivity index (χ1n) is 8.72. The lowest BCUT2D eigenvalue weighted by Gasteiger charge is -2.26. The quantitative estimate of drug-likeness (QED) is 0.149. The number of hydrogen-bond acceptors (Lipinski definition) is 8. The molecule has 3 amide bonds. The van der Waals surface area contributed by atoms with Crippen molar-refractivity contribution in [1.82, 2.24) is 16.0 Å². The third kappa shape index (κ3) is 9.11. The van der Waals surface area contributed by atoms with Crippen LogP contribution in [0.2, 0.25) is 0 Å². The van der Waals surface area contributed by atoms with Crippen molar-refractivity contribution in [3.05, 3.63) is 0 Å². The number of rotatable bonds is 12. The van der Waals surface area contributed by atoms with E-state index in [-0.39, 0.29) is 5.75 Å². The van der Waals surface area contributed by atoms with Crippen LogP contribution in [0.25, 0.3) is 0 Å². The summed E-state index contributed by atoms with van der Waals surface area (Å²) >= 11 is 3.84. The molecule has 29 heavy (non-hydrogen) atoms. The number of nitrogens with one attached hydrogen (secondary N) is 3. The number of carboxylic acid groups (broad SMARTS) is 2. The second kappa shape index (κ2) is 12.2. The van der Waals surface area contributed by atoms with E-state index in [1.807, 2.05) is 0 Å². The number of carboxylic acids is 2. The highest BCUT2D eigenvalue weighted by atomic mass is 32.1. The molecular formula is C16H28N4O8S. The molecule has 0 aliphatic carbocycles. The van der Waals surface area contributed by atoms with Gasteiger partial charge in [0.2, 0.25) is 17.7 Å². The molecular weight excluding hydrogens is 408 g/mol. The lowest BCUT2D eigenvalue weighted by molar-refractivity contribution is -0.145. The Hall–Kier alpha value is -2.38. The monoisotopic (exact) mass is 436 g/mol. The largest absolute Gasteiger partial charge is 0.481 e. The zero-order chi connectivity index (χ0) is 22.9. The Kier molecular flexibility index (Phi) is 11.2. The number of aliphatic carboxylic acids is 2. The van der Waals surface area contributed by atoms with Crippen molar-refractivity contribution in [2.45, 2.75) is 57.5 Å². The molecule has 0 saturated carbocycles. The first-order valence-corrected chi connectivity index (χ1v) is 9.35. The molecule has 0 saturated heterocycles. The minimum Gasteiger partial charge on any atom is -0.481 e. The van der Waals surface area contributed by atoms with Crippen molar-refractivity contribution >= 4 is 42.3 Å². The Morgan fingerprint density at radius 2 is 1.41 bits per heavy atom. The molecule has 0 aromatic carbocycles. The predicted molar refractivity (Wildman–Crippen MR) is 104 cm³/mol. The van der Waals surface area contributed by atoms with Gasteiger partial charge >= 0.3 is 11.9 Å². The lowest BCUT2D eigenvalue weighted by Crippen LogP contribution is -2.60. The van der Waals surface area contributed by atoms with Gasteiger partial charge in [0.15, 0.2) is 0 Å². The van der Waals surface area contributed by atoms with Crippen LogP contribution in [-0.2, 0) is 24.0 Å². The number of aliphatic hydroxyl groups excluding tert-OH is 1. The molecule has 0 fully saturated rings. The summed E-state index contributed by atoms with van der Waals surface area (Å²) in [6.45, 7) is 4.29. The normalized spacial score (nSPS) is 16.1. The molecule has 5 unspecified atom stereocenters. The van der Waals surface area contributed by atoms with Gasteiger partial charge < -0.3 is 37.0 Å². The van der Waals surface area contributed by atoms with Crippen molar-refractivity contribution in [2.24, 2.45) is 11.7 Å². The van der Waals surface area contributed by atoms with Crippen LogP contribution < -0.4 is 21.7 Å². The van der Waals surface area contributed by atoms with Crippen LogP contribution in [0.1, 0.15) is 27.2 Å². The Morgan fingerprint density at radius 1 is 0.897 bits per heavy atom. The van der Waals surface area contributed by atoms with Gasteiger partial charge in [0, 0.05) is 5.75 Å². The fourth-order valence-corrected chi connectivity index (χ4v) is 2.33. The molecule has 0 radical (unpaired) electrons. The molecule has 0 spiro atoms. The first kappa shape index (κ1) is 26.6. The number of aliphatic hydroxyl groups is 1. The summed E-state index contributed by atoms with van der Waals surface area (Å²) in [5.74, 6) is -6.13. The van der Waals surface area contributed by atoms with Crippen molar-refractivity contribution in [3.63, 3.8) is 0 Å². The Bertz CT molecular complexity index is 628.